The number of nitrogens with one attached hydrogen (secondary N) is 1. The molecule has 0 aromatic carbocycles. The van der Waals surface area contributed by atoms with Gasteiger partial charge in [0.05, 0.1) is 4.92 Å². The molecule has 17 heavy (non-hydrogen) atoms. The second-order valence-corrected chi connectivity index (χ2v) is 6.31. The molecule has 1 N–H and O–H groups in total. The van der Waals surface area contributed by atoms with Crippen molar-refractivity contribution in [1.29, 1.82) is 0 Å². The van der Waals surface area contributed by atoms with Gasteiger partial charge in [-0.3, -0.25) is 10.1 Å². The molecule has 0 aliphatic rings. The fourth-order valence-corrected chi connectivity index (χ4v) is 2.92. The van der Waals surface area contributed by atoms with Crippen LogP contribution >= 0.6 is 23.1 Å². The largest absolute Gasteiger partial charge is 0.324 e. The molecule has 0 fully saturated rings. The zero-order valence-electron chi connectivity index (χ0n) is 10.1. The zero-order valence-corrected chi connectivity index (χ0v) is 11.8. The molecule has 1 rings (SSSR count). The van der Waals surface area contributed by atoms with Gasteiger partial charge in [-0.05, 0) is 30.9 Å². The highest BCUT2D eigenvalue weighted by Gasteiger charge is 2.10. The quantitative estimate of drug-likeness (QED) is 0.449. The van der Waals surface area contributed by atoms with Gasteiger partial charge in [-0.1, -0.05) is 18.3 Å². The first-order valence-corrected chi connectivity index (χ1v) is 7.64. The van der Waals surface area contributed by atoms with Gasteiger partial charge in [0.25, 0.3) is 0 Å². The van der Waals surface area contributed by atoms with Gasteiger partial charge in [-0.25, -0.2) is 0 Å². The summed E-state index contributed by atoms with van der Waals surface area (Å²) in [6.07, 6.45) is 1.13. The van der Waals surface area contributed by atoms with Gasteiger partial charge < -0.3 is 5.32 Å². The van der Waals surface area contributed by atoms with Gasteiger partial charge in [0.2, 0.25) is 0 Å². The molecule has 1 aromatic heterocycles. The third kappa shape index (κ3) is 5.52. The van der Waals surface area contributed by atoms with E-state index in [0.29, 0.717) is 6.04 Å². The Balaban J connectivity index is 2.26. The molecule has 0 saturated heterocycles. The molecule has 1 aromatic rings. The molecular formula is C11H18N2O2S2. The predicted octanol–water partition coefficient (Wildman–Crippen LogP) is 3.28. The van der Waals surface area contributed by atoms with Crippen LogP contribution in [-0.2, 0) is 6.54 Å². The molecule has 1 unspecified atom stereocenters. The van der Waals surface area contributed by atoms with E-state index in [1.165, 1.54) is 11.3 Å². The van der Waals surface area contributed by atoms with Crippen LogP contribution in [0.5, 0.6) is 0 Å². The number of rotatable bonds is 8. The van der Waals surface area contributed by atoms with Crippen molar-refractivity contribution in [1.82, 2.24) is 5.32 Å². The van der Waals surface area contributed by atoms with Crippen LogP contribution in [0.3, 0.4) is 0 Å². The lowest BCUT2D eigenvalue weighted by atomic mass is 10.2. The van der Waals surface area contributed by atoms with Crippen molar-refractivity contribution in [2.24, 2.45) is 0 Å². The molecule has 0 aliphatic heterocycles. The Morgan fingerprint density at radius 3 is 2.94 bits per heavy atom. The summed E-state index contributed by atoms with van der Waals surface area (Å²) in [4.78, 5) is 11.2. The Labute approximate surface area is 110 Å². The van der Waals surface area contributed by atoms with Crippen LogP contribution < -0.4 is 5.32 Å². The highest BCUT2D eigenvalue weighted by atomic mass is 32.2. The minimum absolute atomic E-state index is 0.219. The standard InChI is InChI=1S/C11H18N2O2S2/c1-3-16-7-6-9(2)12-8-10-4-5-11(17-10)13(14)15/h4-5,9,12H,3,6-8H2,1-2H3. The van der Waals surface area contributed by atoms with E-state index in [1.54, 1.807) is 6.07 Å². The Kier molecular flexibility index (Phi) is 6.54. The highest BCUT2D eigenvalue weighted by Crippen LogP contribution is 2.23. The molecular weight excluding hydrogens is 256 g/mol. The lowest BCUT2D eigenvalue weighted by Gasteiger charge is -2.12. The molecule has 0 bridgehead atoms. The summed E-state index contributed by atoms with van der Waals surface area (Å²) in [5, 5.41) is 14.1. The van der Waals surface area contributed by atoms with E-state index in [2.05, 4.69) is 19.2 Å². The summed E-state index contributed by atoms with van der Waals surface area (Å²) in [7, 11) is 0. The van der Waals surface area contributed by atoms with Gasteiger partial charge in [0, 0.05) is 23.5 Å². The second-order valence-electron chi connectivity index (χ2n) is 3.76. The Morgan fingerprint density at radius 2 is 2.35 bits per heavy atom. The summed E-state index contributed by atoms with van der Waals surface area (Å²) in [6, 6.07) is 3.85. The van der Waals surface area contributed by atoms with Crippen LogP contribution in [0.1, 0.15) is 25.1 Å². The van der Waals surface area contributed by atoms with E-state index in [9.17, 15) is 10.1 Å². The monoisotopic (exact) mass is 274 g/mol. The summed E-state index contributed by atoms with van der Waals surface area (Å²) < 4.78 is 0. The number of thiophene rings is 1. The van der Waals surface area contributed by atoms with E-state index in [-0.39, 0.29) is 9.92 Å². The second kappa shape index (κ2) is 7.68. The van der Waals surface area contributed by atoms with Crippen molar-refractivity contribution in [2.45, 2.75) is 32.9 Å². The molecule has 1 heterocycles. The van der Waals surface area contributed by atoms with Crippen LogP contribution in [0, 0.1) is 10.1 Å². The van der Waals surface area contributed by atoms with Crippen molar-refractivity contribution in [3.8, 4) is 0 Å². The van der Waals surface area contributed by atoms with Crippen molar-refractivity contribution in [2.75, 3.05) is 11.5 Å². The lowest BCUT2D eigenvalue weighted by Crippen LogP contribution is -2.25. The van der Waals surface area contributed by atoms with Crippen LogP contribution in [0.15, 0.2) is 12.1 Å². The number of thioether (sulfide) groups is 1. The molecule has 0 spiro atoms. The molecule has 6 heteroatoms. The van der Waals surface area contributed by atoms with Crippen molar-refractivity contribution in [3.05, 3.63) is 27.1 Å². The molecule has 1 atom stereocenters. The first kappa shape index (κ1) is 14.5. The number of nitro groups is 1. The number of hydrogen-bond acceptors (Lipinski definition) is 5. The topological polar surface area (TPSA) is 55.2 Å². The Bertz CT molecular complexity index is 355. The van der Waals surface area contributed by atoms with Crippen LogP contribution in [0.25, 0.3) is 0 Å². The van der Waals surface area contributed by atoms with E-state index >= 15 is 0 Å². The lowest BCUT2D eigenvalue weighted by molar-refractivity contribution is -0.380. The molecule has 96 valence electrons. The van der Waals surface area contributed by atoms with Gasteiger partial charge in [-0.15, -0.1) is 0 Å². The normalized spacial score (nSPS) is 12.6. The van der Waals surface area contributed by atoms with E-state index < -0.39 is 0 Å². The van der Waals surface area contributed by atoms with Crippen molar-refractivity contribution in [3.63, 3.8) is 0 Å². The Hall–Kier alpha value is -0.590. The van der Waals surface area contributed by atoms with E-state index in [1.807, 2.05) is 17.8 Å². The third-order valence-electron chi connectivity index (χ3n) is 2.35. The summed E-state index contributed by atoms with van der Waals surface area (Å²) in [5.41, 5.74) is 0. The van der Waals surface area contributed by atoms with Crippen LogP contribution in [0.4, 0.5) is 5.00 Å². The first-order valence-electron chi connectivity index (χ1n) is 5.67. The summed E-state index contributed by atoms with van der Waals surface area (Å²) in [6.45, 7) is 5.03. The number of hydrogen-bond donors (Lipinski definition) is 1. The number of nitrogens with zero attached hydrogens (tertiary/aromatic N) is 1. The summed E-state index contributed by atoms with van der Waals surface area (Å²) >= 11 is 3.18. The third-order valence-corrected chi connectivity index (χ3v) is 4.32. The maximum Gasteiger partial charge on any atom is 0.324 e. The van der Waals surface area contributed by atoms with Gasteiger partial charge in [-0.2, -0.15) is 11.8 Å². The maximum atomic E-state index is 10.5. The molecule has 0 amide bonds. The minimum atomic E-state index is -0.338. The van der Waals surface area contributed by atoms with Gasteiger partial charge >= 0.3 is 5.00 Å². The maximum absolute atomic E-state index is 10.5. The van der Waals surface area contributed by atoms with Crippen LogP contribution in [-0.4, -0.2) is 22.5 Å². The highest BCUT2D eigenvalue weighted by molar-refractivity contribution is 7.99. The van der Waals surface area contributed by atoms with E-state index in [0.717, 1.165) is 29.3 Å². The zero-order chi connectivity index (χ0) is 12.7. The first-order chi connectivity index (χ1) is 8.13. The average molecular weight is 274 g/mol. The molecule has 0 saturated carbocycles. The van der Waals surface area contributed by atoms with Crippen molar-refractivity contribution >= 4 is 28.1 Å². The predicted molar refractivity (Wildman–Crippen MR) is 74.9 cm³/mol. The fraction of sp³-hybridized carbons (Fsp3) is 0.636. The Morgan fingerprint density at radius 1 is 1.59 bits per heavy atom. The smallest absolute Gasteiger partial charge is 0.309 e. The van der Waals surface area contributed by atoms with Gasteiger partial charge in [0.1, 0.15) is 0 Å². The summed E-state index contributed by atoms with van der Waals surface area (Å²) in [5.74, 6) is 2.32. The van der Waals surface area contributed by atoms with E-state index in [4.69, 9.17) is 0 Å². The molecule has 0 radical (unpaired) electrons. The molecule has 0 aliphatic carbocycles. The van der Waals surface area contributed by atoms with Crippen molar-refractivity contribution < 1.29 is 4.92 Å². The van der Waals surface area contributed by atoms with Crippen LogP contribution in [0.2, 0.25) is 0 Å². The minimum Gasteiger partial charge on any atom is -0.309 e. The SMILES string of the molecule is CCSCCC(C)NCc1ccc([N+](=O)[O-])s1. The van der Waals surface area contributed by atoms with Gasteiger partial charge in [0.15, 0.2) is 0 Å². The fourth-order valence-electron chi connectivity index (χ4n) is 1.34. The average Bonchev–Trinajstić information content (AvgIpc) is 2.75. The molecule has 4 nitrogen and oxygen atoms in total.